The number of rotatable bonds is 6. The highest BCUT2D eigenvalue weighted by atomic mass is 79.9. The summed E-state index contributed by atoms with van der Waals surface area (Å²) in [6.07, 6.45) is -5.58. The number of aromatic carboxylic acids is 1. The summed E-state index contributed by atoms with van der Waals surface area (Å²) in [4.78, 5) is 11.5. The molecule has 0 radical (unpaired) electrons. The maximum atomic E-state index is 13.3. The molecule has 0 saturated heterocycles. The summed E-state index contributed by atoms with van der Waals surface area (Å²) >= 11 is 4.20. The van der Waals surface area contributed by atoms with E-state index in [1.807, 2.05) is 0 Å². The van der Waals surface area contributed by atoms with E-state index in [4.69, 9.17) is 10.5 Å². The average Bonchev–Trinajstić information content (AvgIpc) is 3.06. The van der Waals surface area contributed by atoms with E-state index in [1.54, 1.807) is 18.2 Å². The van der Waals surface area contributed by atoms with E-state index in [-0.39, 0.29) is 16.2 Å². The molecule has 1 heterocycles. The van der Waals surface area contributed by atoms with Crippen molar-refractivity contribution in [2.75, 3.05) is 11.1 Å². The smallest absolute Gasteiger partial charge is 0.416 e. The van der Waals surface area contributed by atoms with Gasteiger partial charge in [-0.15, -0.1) is 11.3 Å². The van der Waals surface area contributed by atoms with Crippen LogP contribution >= 0.6 is 27.3 Å². The van der Waals surface area contributed by atoms with Crippen molar-refractivity contribution in [2.45, 2.75) is 19.2 Å². The normalized spacial score (nSPS) is 12.4. The summed E-state index contributed by atoms with van der Waals surface area (Å²) in [6.45, 7) is 1.44. The fourth-order valence-electron chi connectivity index (χ4n) is 2.82. The molecule has 0 saturated carbocycles. The fraction of sp³-hybridized carbons (Fsp3) is 0.150. The number of nitrogens with two attached hydrogens (primary N) is 1. The molecule has 3 rings (SSSR count). The van der Waals surface area contributed by atoms with Crippen molar-refractivity contribution in [3.05, 3.63) is 69.0 Å². The fourth-order valence-corrected chi connectivity index (χ4v) is 4.04. The van der Waals surface area contributed by atoms with Crippen molar-refractivity contribution in [3.63, 3.8) is 0 Å². The molecule has 0 aliphatic heterocycles. The summed E-state index contributed by atoms with van der Waals surface area (Å²) in [5.74, 6) is -1.28. The topological polar surface area (TPSA) is 84.6 Å². The number of hydrogen-bond donors (Lipinski definition) is 3. The first-order chi connectivity index (χ1) is 14.1. The molecule has 2 aromatic carbocycles. The molecule has 0 spiro atoms. The number of alkyl halides is 3. The number of nitrogen functional groups attached to an aromatic ring is 1. The summed E-state index contributed by atoms with van der Waals surface area (Å²) in [7, 11) is 0. The molecular weight excluding hydrogens is 485 g/mol. The highest BCUT2D eigenvalue weighted by Crippen LogP contribution is 2.40. The Kier molecular flexibility index (Phi) is 6.27. The minimum Gasteiger partial charge on any atom is -0.484 e. The lowest BCUT2D eigenvalue weighted by atomic mass is 10.0. The van der Waals surface area contributed by atoms with E-state index in [0.29, 0.717) is 16.4 Å². The standard InChI is InChI=1S/C20H16BrF3N2O3S/c1-10(12-4-2-3-5-13(12)20(22,23)24)29-16-9-17(30-18(16)19(27)28)26-15-7-6-11(21)8-14(15)25/h2-10,26H,25H2,1H3,(H,27,28)/t10-/m1/s1. The molecule has 158 valence electrons. The Balaban J connectivity index is 1.90. The Hall–Kier alpha value is -2.72. The lowest BCUT2D eigenvalue weighted by Crippen LogP contribution is -2.14. The van der Waals surface area contributed by atoms with Gasteiger partial charge < -0.3 is 20.9 Å². The molecule has 1 aromatic heterocycles. The Morgan fingerprint density at radius 2 is 1.93 bits per heavy atom. The molecule has 30 heavy (non-hydrogen) atoms. The van der Waals surface area contributed by atoms with Crippen LogP contribution in [-0.4, -0.2) is 11.1 Å². The van der Waals surface area contributed by atoms with Gasteiger partial charge in [-0.05, 0) is 31.2 Å². The third-order valence-corrected chi connectivity index (χ3v) is 5.68. The third kappa shape index (κ3) is 4.88. The Labute approximate surface area is 182 Å². The number of ether oxygens (including phenoxy) is 1. The summed E-state index contributed by atoms with van der Waals surface area (Å²) in [6, 6.07) is 11.6. The number of halogens is 4. The molecule has 4 N–H and O–H groups in total. The molecule has 10 heteroatoms. The van der Waals surface area contributed by atoms with Gasteiger partial charge in [0.25, 0.3) is 0 Å². The van der Waals surface area contributed by atoms with Crippen molar-refractivity contribution in [1.82, 2.24) is 0 Å². The van der Waals surface area contributed by atoms with Gasteiger partial charge in [-0.25, -0.2) is 4.79 Å². The zero-order valence-corrected chi connectivity index (χ0v) is 17.9. The van der Waals surface area contributed by atoms with Gasteiger partial charge in [-0.1, -0.05) is 34.1 Å². The van der Waals surface area contributed by atoms with Crippen LogP contribution in [0, 0.1) is 0 Å². The zero-order valence-electron chi connectivity index (χ0n) is 15.5. The molecule has 0 aliphatic rings. The molecular formula is C20H16BrF3N2O3S. The highest BCUT2D eigenvalue weighted by Gasteiger charge is 2.35. The van der Waals surface area contributed by atoms with Gasteiger partial charge >= 0.3 is 12.1 Å². The van der Waals surface area contributed by atoms with E-state index in [9.17, 15) is 23.1 Å². The van der Waals surface area contributed by atoms with E-state index in [0.717, 1.165) is 21.9 Å². The largest absolute Gasteiger partial charge is 0.484 e. The summed E-state index contributed by atoms with van der Waals surface area (Å²) < 4.78 is 46.3. The van der Waals surface area contributed by atoms with Crippen LogP contribution in [0.4, 0.5) is 29.5 Å². The van der Waals surface area contributed by atoms with E-state index in [2.05, 4.69) is 21.2 Å². The lowest BCUT2D eigenvalue weighted by Gasteiger charge is -2.19. The van der Waals surface area contributed by atoms with Crippen LogP contribution in [0.5, 0.6) is 5.75 Å². The van der Waals surface area contributed by atoms with Crippen LogP contribution < -0.4 is 15.8 Å². The maximum absolute atomic E-state index is 13.3. The quantitative estimate of drug-likeness (QED) is 0.328. The number of carbonyl (C=O) groups is 1. The first-order valence-corrected chi connectivity index (χ1v) is 10.2. The monoisotopic (exact) mass is 500 g/mol. The van der Waals surface area contributed by atoms with Crippen LogP contribution in [0.1, 0.15) is 33.8 Å². The molecule has 0 amide bonds. The molecule has 3 aromatic rings. The maximum Gasteiger partial charge on any atom is 0.416 e. The second-order valence-electron chi connectivity index (χ2n) is 6.31. The Morgan fingerprint density at radius 1 is 1.23 bits per heavy atom. The van der Waals surface area contributed by atoms with Gasteiger partial charge in [-0.2, -0.15) is 13.2 Å². The second kappa shape index (κ2) is 8.57. The molecule has 0 unspecified atom stereocenters. The molecule has 5 nitrogen and oxygen atoms in total. The Bertz CT molecular complexity index is 1090. The second-order valence-corrected chi connectivity index (χ2v) is 8.28. The molecule has 0 bridgehead atoms. The number of benzene rings is 2. The minimum absolute atomic E-state index is 0.0323. The van der Waals surface area contributed by atoms with Gasteiger partial charge in [0.2, 0.25) is 0 Å². The van der Waals surface area contributed by atoms with Crippen LogP contribution in [0.2, 0.25) is 0 Å². The van der Waals surface area contributed by atoms with Gasteiger partial charge in [0, 0.05) is 16.1 Å². The zero-order chi connectivity index (χ0) is 22.1. The summed E-state index contributed by atoms with van der Waals surface area (Å²) in [5.41, 5.74) is 6.02. The van der Waals surface area contributed by atoms with E-state index in [1.165, 1.54) is 31.2 Å². The van der Waals surface area contributed by atoms with Gasteiger partial charge in [0.1, 0.15) is 11.9 Å². The summed E-state index contributed by atoms with van der Waals surface area (Å²) in [5, 5.41) is 12.9. The number of thiophene rings is 1. The first-order valence-electron chi connectivity index (χ1n) is 8.58. The van der Waals surface area contributed by atoms with Crippen molar-refractivity contribution in [3.8, 4) is 5.75 Å². The van der Waals surface area contributed by atoms with Crippen molar-refractivity contribution < 1.29 is 27.8 Å². The molecule has 0 fully saturated rings. The predicted molar refractivity (Wildman–Crippen MR) is 114 cm³/mol. The van der Waals surface area contributed by atoms with E-state index < -0.39 is 23.8 Å². The SMILES string of the molecule is C[C@@H](Oc1cc(Nc2ccc(Br)cc2N)sc1C(=O)O)c1ccccc1C(F)(F)F. The predicted octanol–water partition coefficient (Wildman–Crippen LogP) is 6.69. The first kappa shape index (κ1) is 22.0. The minimum atomic E-state index is -4.55. The third-order valence-electron chi connectivity index (χ3n) is 4.17. The molecule has 0 aliphatic carbocycles. The van der Waals surface area contributed by atoms with Gasteiger partial charge in [0.05, 0.1) is 21.9 Å². The van der Waals surface area contributed by atoms with Gasteiger partial charge in [-0.3, -0.25) is 0 Å². The number of hydrogen-bond acceptors (Lipinski definition) is 5. The lowest BCUT2D eigenvalue weighted by molar-refractivity contribution is -0.139. The number of anilines is 3. The van der Waals surface area contributed by atoms with Crippen LogP contribution in [0.3, 0.4) is 0 Å². The van der Waals surface area contributed by atoms with Crippen molar-refractivity contribution in [2.24, 2.45) is 0 Å². The van der Waals surface area contributed by atoms with Crippen LogP contribution in [-0.2, 0) is 6.18 Å². The number of carboxylic acids is 1. The Morgan fingerprint density at radius 3 is 2.57 bits per heavy atom. The molecule has 1 atom stereocenters. The number of carboxylic acid groups (broad SMARTS) is 1. The van der Waals surface area contributed by atoms with Gasteiger partial charge in [0.15, 0.2) is 4.88 Å². The average molecular weight is 501 g/mol. The van der Waals surface area contributed by atoms with Crippen molar-refractivity contribution in [1.29, 1.82) is 0 Å². The van der Waals surface area contributed by atoms with Crippen LogP contribution in [0.25, 0.3) is 0 Å². The van der Waals surface area contributed by atoms with Crippen LogP contribution in [0.15, 0.2) is 53.0 Å². The van der Waals surface area contributed by atoms with E-state index >= 15 is 0 Å². The van der Waals surface area contributed by atoms with Crippen molar-refractivity contribution >= 4 is 49.6 Å². The number of nitrogens with one attached hydrogen (secondary N) is 1. The highest BCUT2D eigenvalue weighted by molar-refractivity contribution is 9.10.